The standard InChI is InChI=1S/C14H22N2O2/c1-10(9-18-4)8-15-14-7-13(16-12(3)17)6-5-11(14)2/h5-7,10,15H,8-9H2,1-4H3,(H,16,17). The number of ether oxygens (including phenoxy) is 1. The van der Waals surface area contributed by atoms with Gasteiger partial charge in [0.05, 0.1) is 6.61 Å². The van der Waals surface area contributed by atoms with Gasteiger partial charge in [-0.25, -0.2) is 0 Å². The summed E-state index contributed by atoms with van der Waals surface area (Å²) < 4.78 is 5.10. The highest BCUT2D eigenvalue weighted by Crippen LogP contribution is 2.20. The fourth-order valence-corrected chi connectivity index (χ4v) is 1.72. The third kappa shape index (κ3) is 4.75. The predicted molar refractivity (Wildman–Crippen MR) is 75.0 cm³/mol. The molecular weight excluding hydrogens is 228 g/mol. The third-order valence-electron chi connectivity index (χ3n) is 2.65. The van der Waals surface area contributed by atoms with Gasteiger partial charge < -0.3 is 15.4 Å². The maximum absolute atomic E-state index is 11.0. The van der Waals surface area contributed by atoms with Crippen molar-refractivity contribution in [3.05, 3.63) is 23.8 Å². The van der Waals surface area contributed by atoms with E-state index in [2.05, 4.69) is 17.6 Å². The Morgan fingerprint density at radius 2 is 2.17 bits per heavy atom. The van der Waals surface area contributed by atoms with Gasteiger partial charge in [0.2, 0.25) is 5.91 Å². The first kappa shape index (κ1) is 14.5. The average Bonchev–Trinajstić information content (AvgIpc) is 2.29. The normalized spacial score (nSPS) is 12.0. The van der Waals surface area contributed by atoms with Crippen molar-refractivity contribution < 1.29 is 9.53 Å². The number of amides is 1. The highest BCUT2D eigenvalue weighted by atomic mass is 16.5. The van der Waals surface area contributed by atoms with Crippen LogP contribution in [0.4, 0.5) is 11.4 Å². The molecule has 1 atom stereocenters. The quantitative estimate of drug-likeness (QED) is 0.816. The van der Waals surface area contributed by atoms with Crippen LogP contribution in [0.25, 0.3) is 0 Å². The molecule has 4 nitrogen and oxygen atoms in total. The van der Waals surface area contributed by atoms with Crippen LogP contribution in [0.5, 0.6) is 0 Å². The van der Waals surface area contributed by atoms with E-state index in [1.807, 2.05) is 25.1 Å². The van der Waals surface area contributed by atoms with Crippen LogP contribution >= 0.6 is 0 Å². The monoisotopic (exact) mass is 250 g/mol. The van der Waals surface area contributed by atoms with Gasteiger partial charge in [0.15, 0.2) is 0 Å². The zero-order chi connectivity index (χ0) is 13.5. The van der Waals surface area contributed by atoms with Crippen molar-refractivity contribution in [2.24, 2.45) is 5.92 Å². The summed E-state index contributed by atoms with van der Waals surface area (Å²) in [6, 6.07) is 5.85. The number of carbonyl (C=O) groups excluding carboxylic acids is 1. The average molecular weight is 250 g/mol. The van der Waals surface area contributed by atoms with Crippen LogP contribution in [0.15, 0.2) is 18.2 Å². The molecule has 0 aromatic heterocycles. The Kier molecular flexibility index (Phi) is 5.65. The van der Waals surface area contributed by atoms with E-state index in [1.165, 1.54) is 6.92 Å². The minimum atomic E-state index is -0.0578. The number of nitrogens with one attached hydrogen (secondary N) is 2. The Balaban J connectivity index is 2.66. The van der Waals surface area contributed by atoms with Gasteiger partial charge in [-0.05, 0) is 30.5 Å². The van der Waals surface area contributed by atoms with Crippen molar-refractivity contribution in [2.75, 3.05) is 30.9 Å². The lowest BCUT2D eigenvalue weighted by molar-refractivity contribution is -0.114. The van der Waals surface area contributed by atoms with Gasteiger partial charge in [0.1, 0.15) is 0 Å². The lowest BCUT2D eigenvalue weighted by atomic mass is 10.1. The summed E-state index contributed by atoms with van der Waals surface area (Å²) in [6.07, 6.45) is 0. The summed E-state index contributed by atoms with van der Waals surface area (Å²) in [6.45, 7) is 7.26. The van der Waals surface area contributed by atoms with Gasteiger partial charge in [-0.1, -0.05) is 13.0 Å². The maximum Gasteiger partial charge on any atom is 0.221 e. The van der Waals surface area contributed by atoms with Gasteiger partial charge in [-0.15, -0.1) is 0 Å². The number of rotatable bonds is 6. The van der Waals surface area contributed by atoms with E-state index >= 15 is 0 Å². The lowest BCUT2D eigenvalue weighted by Crippen LogP contribution is -2.16. The second kappa shape index (κ2) is 7.01. The molecular formula is C14H22N2O2. The predicted octanol–water partition coefficient (Wildman–Crippen LogP) is 2.65. The molecule has 0 saturated heterocycles. The minimum Gasteiger partial charge on any atom is -0.384 e. The van der Waals surface area contributed by atoms with Gasteiger partial charge in [-0.2, -0.15) is 0 Å². The molecule has 0 radical (unpaired) electrons. The maximum atomic E-state index is 11.0. The van der Waals surface area contributed by atoms with Crippen molar-refractivity contribution in [3.8, 4) is 0 Å². The van der Waals surface area contributed by atoms with Gasteiger partial charge in [0, 0.05) is 32.0 Å². The largest absolute Gasteiger partial charge is 0.384 e. The smallest absolute Gasteiger partial charge is 0.221 e. The fraction of sp³-hybridized carbons (Fsp3) is 0.500. The topological polar surface area (TPSA) is 50.4 Å². The zero-order valence-electron chi connectivity index (χ0n) is 11.5. The molecule has 1 aromatic carbocycles. The Hall–Kier alpha value is -1.55. The van der Waals surface area contributed by atoms with Crippen LogP contribution in [-0.2, 0) is 9.53 Å². The first-order valence-corrected chi connectivity index (χ1v) is 6.14. The Bertz CT molecular complexity index is 405. The number of benzene rings is 1. The van der Waals surface area contributed by atoms with Crippen molar-refractivity contribution in [2.45, 2.75) is 20.8 Å². The van der Waals surface area contributed by atoms with E-state index in [0.29, 0.717) is 5.92 Å². The Morgan fingerprint density at radius 3 is 2.78 bits per heavy atom. The molecule has 0 spiro atoms. The zero-order valence-corrected chi connectivity index (χ0v) is 11.5. The molecule has 0 heterocycles. The highest BCUT2D eigenvalue weighted by molar-refractivity contribution is 5.89. The van der Waals surface area contributed by atoms with Crippen LogP contribution in [0.2, 0.25) is 0 Å². The summed E-state index contributed by atoms with van der Waals surface area (Å²) in [5.74, 6) is 0.386. The molecule has 0 fully saturated rings. The van der Waals surface area contributed by atoms with Crippen LogP contribution in [0, 0.1) is 12.8 Å². The van der Waals surface area contributed by atoms with Crippen LogP contribution < -0.4 is 10.6 Å². The van der Waals surface area contributed by atoms with Crippen molar-refractivity contribution in [1.82, 2.24) is 0 Å². The molecule has 18 heavy (non-hydrogen) atoms. The molecule has 1 aromatic rings. The molecule has 0 aliphatic rings. The van der Waals surface area contributed by atoms with E-state index in [0.717, 1.165) is 30.1 Å². The molecule has 1 amide bonds. The SMILES string of the molecule is COCC(C)CNc1cc(NC(C)=O)ccc1C. The van der Waals surface area contributed by atoms with Gasteiger partial charge in [0.25, 0.3) is 0 Å². The van der Waals surface area contributed by atoms with E-state index in [-0.39, 0.29) is 5.91 Å². The summed E-state index contributed by atoms with van der Waals surface area (Å²) in [5, 5.41) is 6.16. The Morgan fingerprint density at radius 1 is 1.44 bits per heavy atom. The number of methoxy groups -OCH3 is 1. The second-order valence-electron chi connectivity index (χ2n) is 4.65. The molecule has 100 valence electrons. The van der Waals surface area contributed by atoms with Crippen molar-refractivity contribution >= 4 is 17.3 Å². The van der Waals surface area contributed by atoms with E-state index < -0.39 is 0 Å². The molecule has 0 aliphatic carbocycles. The second-order valence-corrected chi connectivity index (χ2v) is 4.65. The molecule has 0 bridgehead atoms. The van der Waals surface area contributed by atoms with Gasteiger partial charge in [-0.3, -0.25) is 4.79 Å². The van der Waals surface area contributed by atoms with Crippen LogP contribution in [-0.4, -0.2) is 26.2 Å². The first-order valence-electron chi connectivity index (χ1n) is 6.14. The summed E-state index contributed by atoms with van der Waals surface area (Å²) >= 11 is 0. The third-order valence-corrected chi connectivity index (χ3v) is 2.65. The van der Waals surface area contributed by atoms with Crippen molar-refractivity contribution in [3.63, 3.8) is 0 Å². The molecule has 0 aliphatic heterocycles. The lowest BCUT2D eigenvalue weighted by Gasteiger charge is -2.15. The van der Waals surface area contributed by atoms with Crippen LogP contribution in [0.3, 0.4) is 0 Å². The first-order chi connectivity index (χ1) is 8.52. The summed E-state index contributed by atoms with van der Waals surface area (Å²) in [7, 11) is 1.71. The number of aryl methyl sites for hydroxylation is 1. The fourth-order valence-electron chi connectivity index (χ4n) is 1.72. The number of carbonyl (C=O) groups is 1. The van der Waals surface area contributed by atoms with E-state index in [1.54, 1.807) is 7.11 Å². The Labute approximate surface area is 109 Å². The molecule has 2 N–H and O–H groups in total. The molecule has 0 saturated carbocycles. The summed E-state index contributed by atoms with van der Waals surface area (Å²) in [5.41, 5.74) is 3.02. The number of hydrogen-bond acceptors (Lipinski definition) is 3. The van der Waals surface area contributed by atoms with E-state index in [4.69, 9.17) is 4.74 Å². The minimum absolute atomic E-state index is 0.0578. The number of hydrogen-bond donors (Lipinski definition) is 2. The molecule has 4 heteroatoms. The van der Waals surface area contributed by atoms with Gasteiger partial charge >= 0.3 is 0 Å². The van der Waals surface area contributed by atoms with Crippen LogP contribution in [0.1, 0.15) is 19.4 Å². The number of anilines is 2. The van der Waals surface area contributed by atoms with Crippen molar-refractivity contribution in [1.29, 1.82) is 0 Å². The summed E-state index contributed by atoms with van der Waals surface area (Å²) in [4.78, 5) is 11.0. The molecule has 1 unspecified atom stereocenters. The highest BCUT2D eigenvalue weighted by Gasteiger charge is 2.04. The molecule has 1 rings (SSSR count). The van der Waals surface area contributed by atoms with E-state index in [9.17, 15) is 4.79 Å².